The Morgan fingerprint density at radius 3 is 2.63 bits per heavy atom. The molecule has 5 heteroatoms. The molecule has 0 saturated carbocycles. The Kier molecular flexibility index (Phi) is 9.13. The molecule has 2 saturated heterocycles. The van der Waals surface area contributed by atoms with Gasteiger partial charge < -0.3 is 19.3 Å². The molecule has 0 aromatic heterocycles. The highest BCUT2D eigenvalue weighted by Gasteiger charge is 2.56. The smallest absolute Gasteiger partial charge is 0.305 e. The van der Waals surface area contributed by atoms with Crippen LogP contribution in [-0.2, 0) is 19.0 Å². The predicted octanol–water partition coefficient (Wildman–Crippen LogP) is 5.39. The number of aliphatic carboxylic acids is 1. The summed E-state index contributed by atoms with van der Waals surface area (Å²) in [5, 5.41) is 9.05. The third-order valence-electron chi connectivity index (χ3n) is 6.89. The second kappa shape index (κ2) is 10.9. The summed E-state index contributed by atoms with van der Waals surface area (Å²) in [6, 6.07) is 0. The molecule has 0 aromatic rings. The van der Waals surface area contributed by atoms with Crippen molar-refractivity contribution in [3.05, 3.63) is 23.8 Å². The van der Waals surface area contributed by atoms with Crippen molar-refractivity contribution in [2.24, 2.45) is 17.8 Å². The highest BCUT2D eigenvalue weighted by Crippen LogP contribution is 2.47. The summed E-state index contributed by atoms with van der Waals surface area (Å²) in [6.07, 6.45) is 10.7. The van der Waals surface area contributed by atoms with E-state index >= 15 is 0 Å². The first-order valence-corrected chi connectivity index (χ1v) is 11.5. The van der Waals surface area contributed by atoms with Gasteiger partial charge in [-0.2, -0.15) is 0 Å². The minimum Gasteiger partial charge on any atom is -0.481 e. The fraction of sp³-hybridized carbons (Fsp3) is 0.800. The molecule has 0 aliphatic carbocycles. The number of carboxylic acids is 1. The number of rotatable bonds is 11. The summed E-state index contributed by atoms with van der Waals surface area (Å²) in [4.78, 5) is 11.0. The SMILES string of the molecule is CC[C@H](OC)[C@@H](C)[C@H]1OC1(C)C[C@H](C)/C=C/C=C(\C)[C@H]1O[C@@H](CC(=O)O)CC[C@@H]1C. The topological polar surface area (TPSA) is 68.3 Å². The number of carbonyl (C=O) groups is 1. The lowest BCUT2D eigenvalue weighted by Crippen LogP contribution is -2.35. The van der Waals surface area contributed by atoms with Crippen LogP contribution in [0.2, 0.25) is 0 Å². The van der Waals surface area contributed by atoms with E-state index in [1.54, 1.807) is 7.11 Å². The number of epoxide rings is 1. The lowest BCUT2D eigenvalue weighted by atomic mass is 9.86. The molecular weight excluding hydrogens is 380 g/mol. The molecule has 2 rings (SSSR count). The average molecular weight is 423 g/mol. The van der Waals surface area contributed by atoms with Crippen molar-refractivity contribution in [2.75, 3.05) is 7.11 Å². The third kappa shape index (κ3) is 6.66. The highest BCUT2D eigenvalue weighted by molar-refractivity contribution is 5.67. The quantitative estimate of drug-likeness (QED) is 0.357. The van der Waals surface area contributed by atoms with Crippen LogP contribution in [0.15, 0.2) is 23.8 Å². The van der Waals surface area contributed by atoms with Gasteiger partial charge in [0.15, 0.2) is 0 Å². The Balaban J connectivity index is 1.87. The van der Waals surface area contributed by atoms with Gasteiger partial charge in [-0.05, 0) is 56.9 Å². The molecule has 2 fully saturated rings. The molecule has 0 radical (unpaired) electrons. The third-order valence-corrected chi connectivity index (χ3v) is 6.89. The molecule has 2 aliphatic heterocycles. The first-order valence-electron chi connectivity index (χ1n) is 11.5. The maximum Gasteiger partial charge on any atom is 0.305 e. The number of hydrogen-bond acceptors (Lipinski definition) is 4. The number of carboxylic acid groups (broad SMARTS) is 1. The van der Waals surface area contributed by atoms with Crippen molar-refractivity contribution in [1.29, 1.82) is 0 Å². The Bertz CT molecular complexity index is 623. The van der Waals surface area contributed by atoms with Gasteiger partial charge in [-0.15, -0.1) is 0 Å². The van der Waals surface area contributed by atoms with Crippen LogP contribution in [0, 0.1) is 17.8 Å². The molecule has 1 N–H and O–H groups in total. The van der Waals surface area contributed by atoms with Crippen molar-refractivity contribution < 1.29 is 24.1 Å². The van der Waals surface area contributed by atoms with Gasteiger partial charge in [0, 0.05) is 13.0 Å². The van der Waals surface area contributed by atoms with Gasteiger partial charge in [-0.3, -0.25) is 4.79 Å². The van der Waals surface area contributed by atoms with Gasteiger partial charge in [-0.25, -0.2) is 0 Å². The van der Waals surface area contributed by atoms with Crippen LogP contribution in [0.25, 0.3) is 0 Å². The molecule has 5 nitrogen and oxygen atoms in total. The van der Waals surface area contributed by atoms with E-state index in [0.29, 0.717) is 17.8 Å². The second-order valence-corrected chi connectivity index (χ2v) is 9.70. The van der Waals surface area contributed by atoms with E-state index < -0.39 is 5.97 Å². The van der Waals surface area contributed by atoms with E-state index in [0.717, 1.165) is 31.3 Å². The van der Waals surface area contributed by atoms with Crippen molar-refractivity contribution >= 4 is 5.97 Å². The van der Waals surface area contributed by atoms with Crippen molar-refractivity contribution in [3.63, 3.8) is 0 Å². The summed E-state index contributed by atoms with van der Waals surface area (Å²) >= 11 is 0. The predicted molar refractivity (Wildman–Crippen MR) is 120 cm³/mol. The van der Waals surface area contributed by atoms with E-state index in [2.05, 4.69) is 59.8 Å². The molecule has 8 atom stereocenters. The lowest BCUT2D eigenvalue weighted by Gasteiger charge is -2.35. The highest BCUT2D eigenvalue weighted by atomic mass is 16.6. The fourth-order valence-electron chi connectivity index (χ4n) is 5.14. The van der Waals surface area contributed by atoms with E-state index in [1.165, 1.54) is 0 Å². The molecule has 2 heterocycles. The van der Waals surface area contributed by atoms with E-state index in [1.807, 2.05) is 0 Å². The zero-order valence-electron chi connectivity index (χ0n) is 19.9. The van der Waals surface area contributed by atoms with Crippen LogP contribution in [0.3, 0.4) is 0 Å². The normalized spacial score (nSPS) is 35.2. The summed E-state index contributed by atoms with van der Waals surface area (Å²) in [6.45, 7) is 13.1. The van der Waals surface area contributed by atoms with Gasteiger partial charge in [0.05, 0.1) is 36.4 Å². The molecule has 0 amide bonds. The number of methoxy groups -OCH3 is 1. The zero-order valence-corrected chi connectivity index (χ0v) is 19.9. The average Bonchev–Trinajstić information content (AvgIpc) is 3.34. The molecule has 0 aromatic carbocycles. The zero-order chi connectivity index (χ0) is 22.5. The Labute approximate surface area is 182 Å². The van der Waals surface area contributed by atoms with Crippen LogP contribution in [-0.4, -0.2) is 48.2 Å². The summed E-state index contributed by atoms with van der Waals surface area (Å²) in [5.41, 5.74) is 1.09. The van der Waals surface area contributed by atoms with Crippen LogP contribution in [0.5, 0.6) is 0 Å². The Morgan fingerprint density at radius 2 is 2.03 bits per heavy atom. The molecule has 172 valence electrons. The van der Waals surface area contributed by atoms with E-state index in [4.69, 9.17) is 19.3 Å². The number of hydrogen-bond donors (Lipinski definition) is 1. The molecule has 30 heavy (non-hydrogen) atoms. The molecule has 0 spiro atoms. The van der Waals surface area contributed by atoms with Crippen molar-refractivity contribution in [3.8, 4) is 0 Å². The van der Waals surface area contributed by atoms with Gasteiger partial charge in [0.2, 0.25) is 0 Å². The molecule has 1 unspecified atom stereocenters. The second-order valence-electron chi connectivity index (χ2n) is 9.70. The summed E-state index contributed by atoms with van der Waals surface area (Å²) in [7, 11) is 1.78. The van der Waals surface area contributed by atoms with Gasteiger partial charge >= 0.3 is 5.97 Å². The van der Waals surface area contributed by atoms with Crippen LogP contribution < -0.4 is 0 Å². The van der Waals surface area contributed by atoms with E-state index in [-0.39, 0.29) is 36.4 Å². The molecule has 2 aliphatic rings. The first kappa shape index (κ1) is 25.1. The minimum atomic E-state index is -0.789. The maximum atomic E-state index is 11.0. The Hall–Kier alpha value is -1.17. The van der Waals surface area contributed by atoms with E-state index in [9.17, 15) is 4.79 Å². The molecular formula is C25H42O5. The summed E-state index contributed by atoms with van der Waals surface area (Å²) in [5.74, 6) is 0.420. The van der Waals surface area contributed by atoms with Crippen LogP contribution >= 0.6 is 0 Å². The van der Waals surface area contributed by atoms with Gasteiger partial charge in [0.25, 0.3) is 0 Å². The summed E-state index contributed by atoms with van der Waals surface area (Å²) < 4.78 is 17.8. The van der Waals surface area contributed by atoms with Gasteiger partial charge in [-0.1, -0.05) is 45.9 Å². The largest absolute Gasteiger partial charge is 0.481 e. The van der Waals surface area contributed by atoms with Crippen molar-refractivity contribution in [2.45, 2.75) is 104 Å². The number of allylic oxidation sites excluding steroid dienone is 3. The number of ether oxygens (including phenoxy) is 3. The maximum absolute atomic E-state index is 11.0. The fourth-order valence-corrected chi connectivity index (χ4v) is 5.14. The molecule has 0 bridgehead atoms. The van der Waals surface area contributed by atoms with Crippen molar-refractivity contribution in [1.82, 2.24) is 0 Å². The standard InChI is InChI=1S/C25H42O5/c1-8-21(28-7)19(5)24-25(6,30-24)15-16(2)10-9-11-17(3)23-18(4)12-13-20(29-23)14-22(26)27/h9-11,16,18-21,23-24H,8,12-15H2,1-7H3,(H,26,27)/b10-9+,17-11+/t16-,18+,19-,20-,21+,23-,24-,25?/m1/s1. The van der Waals surface area contributed by atoms with Gasteiger partial charge in [0.1, 0.15) is 0 Å². The minimum absolute atomic E-state index is 0.00223. The monoisotopic (exact) mass is 422 g/mol. The van der Waals surface area contributed by atoms with Crippen LogP contribution in [0.1, 0.15) is 73.6 Å². The lowest BCUT2D eigenvalue weighted by molar-refractivity contribution is -0.143. The first-order chi connectivity index (χ1) is 14.1. The van der Waals surface area contributed by atoms with Crippen LogP contribution in [0.4, 0.5) is 0 Å². The Morgan fingerprint density at radius 1 is 1.33 bits per heavy atom.